The molecule has 1 N–H and O–H groups in total. The lowest BCUT2D eigenvalue weighted by molar-refractivity contribution is 0.581. The van der Waals surface area contributed by atoms with Crippen molar-refractivity contribution in [2.24, 2.45) is 0 Å². The average Bonchev–Trinajstić information content (AvgIpc) is 2.38. The van der Waals surface area contributed by atoms with E-state index in [1.54, 1.807) is 24.3 Å². The van der Waals surface area contributed by atoms with E-state index in [2.05, 4.69) is 5.32 Å². The van der Waals surface area contributed by atoms with Crippen LogP contribution in [0.25, 0.3) is 11.1 Å². The first-order valence-corrected chi connectivity index (χ1v) is 6.34. The molecule has 0 spiro atoms. The highest BCUT2D eigenvalue weighted by Gasteiger charge is 2.10. The number of nitrogens with one attached hydrogen (secondary N) is 1. The molecule has 100 valence electrons. The highest BCUT2D eigenvalue weighted by Crippen LogP contribution is 2.26. The Bertz CT molecular complexity index is 564. The Morgan fingerprint density at radius 1 is 0.947 bits per heavy atom. The average molecular weight is 261 g/mol. The van der Waals surface area contributed by atoms with Crippen molar-refractivity contribution in [3.63, 3.8) is 0 Å². The summed E-state index contributed by atoms with van der Waals surface area (Å²) in [5.41, 5.74) is 1.45. The molecule has 0 aliphatic heterocycles. The molecular weight excluding hydrogens is 244 g/mol. The summed E-state index contributed by atoms with van der Waals surface area (Å²) >= 11 is 0. The summed E-state index contributed by atoms with van der Waals surface area (Å²) in [6.07, 6.45) is 0. The first-order valence-electron chi connectivity index (χ1n) is 6.34. The fraction of sp³-hybridized carbons (Fsp3) is 0.250. The summed E-state index contributed by atoms with van der Waals surface area (Å²) in [6.45, 7) is 4.67. The minimum absolute atomic E-state index is 0.295. The Morgan fingerprint density at radius 3 is 2.26 bits per heavy atom. The summed E-state index contributed by atoms with van der Waals surface area (Å²) in [5, 5.41) is 3.22. The molecule has 1 nitrogen and oxygen atoms in total. The Kier molecular flexibility index (Phi) is 4.27. The van der Waals surface area contributed by atoms with Crippen molar-refractivity contribution in [3.05, 3.63) is 59.7 Å². The second-order valence-corrected chi connectivity index (χ2v) is 4.83. The molecule has 0 fully saturated rings. The lowest BCUT2D eigenvalue weighted by Gasteiger charge is -2.10. The van der Waals surface area contributed by atoms with Crippen molar-refractivity contribution >= 4 is 0 Å². The van der Waals surface area contributed by atoms with Gasteiger partial charge in [-0.05, 0) is 17.7 Å². The topological polar surface area (TPSA) is 12.0 Å². The monoisotopic (exact) mass is 261 g/mol. The minimum Gasteiger partial charge on any atom is -0.310 e. The number of halogens is 2. The van der Waals surface area contributed by atoms with Gasteiger partial charge in [0.1, 0.15) is 11.6 Å². The van der Waals surface area contributed by atoms with Crippen LogP contribution in [-0.2, 0) is 6.54 Å². The van der Waals surface area contributed by atoms with E-state index in [0.717, 1.165) is 5.56 Å². The van der Waals surface area contributed by atoms with Crippen LogP contribution in [0.15, 0.2) is 42.5 Å². The van der Waals surface area contributed by atoms with E-state index in [1.165, 1.54) is 12.1 Å². The molecule has 2 rings (SSSR count). The van der Waals surface area contributed by atoms with Crippen LogP contribution in [0.4, 0.5) is 8.78 Å². The third kappa shape index (κ3) is 3.38. The van der Waals surface area contributed by atoms with Gasteiger partial charge in [-0.1, -0.05) is 44.2 Å². The Balaban J connectivity index is 2.27. The van der Waals surface area contributed by atoms with Gasteiger partial charge in [0, 0.05) is 23.7 Å². The molecule has 0 radical (unpaired) electrons. The van der Waals surface area contributed by atoms with Gasteiger partial charge in [0.15, 0.2) is 0 Å². The van der Waals surface area contributed by atoms with Crippen LogP contribution in [0.2, 0.25) is 0 Å². The molecule has 0 aromatic heterocycles. The molecule has 0 atom stereocenters. The van der Waals surface area contributed by atoms with E-state index < -0.39 is 11.6 Å². The molecule has 19 heavy (non-hydrogen) atoms. The molecule has 2 aromatic rings. The van der Waals surface area contributed by atoms with Crippen molar-refractivity contribution in [2.75, 3.05) is 0 Å². The van der Waals surface area contributed by atoms with Gasteiger partial charge in [-0.15, -0.1) is 0 Å². The first-order chi connectivity index (χ1) is 9.08. The van der Waals surface area contributed by atoms with Crippen molar-refractivity contribution in [3.8, 4) is 11.1 Å². The maximum atomic E-state index is 14.0. The fourth-order valence-electron chi connectivity index (χ4n) is 1.89. The quantitative estimate of drug-likeness (QED) is 0.872. The van der Waals surface area contributed by atoms with Crippen LogP contribution in [0, 0.1) is 11.6 Å². The zero-order chi connectivity index (χ0) is 13.8. The van der Waals surface area contributed by atoms with Gasteiger partial charge in [-0.25, -0.2) is 8.78 Å². The summed E-state index contributed by atoms with van der Waals surface area (Å²) in [7, 11) is 0. The number of hydrogen-bond donors (Lipinski definition) is 1. The highest BCUT2D eigenvalue weighted by atomic mass is 19.1. The van der Waals surface area contributed by atoms with Crippen LogP contribution in [0.3, 0.4) is 0 Å². The van der Waals surface area contributed by atoms with E-state index in [-0.39, 0.29) is 0 Å². The molecule has 0 aliphatic carbocycles. The Labute approximate surface area is 112 Å². The molecule has 0 heterocycles. The highest BCUT2D eigenvalue weighted by molar-refractivity contribution is 5.65. The first kappa shape index (κ1) is 13.7. The number of hydrogen-bond acceptors (Lipinski definition) is 1. The largest absolute Gasteiger partial charge is 0.310 e. The van der Waals surface area contributed by atoms with Crippen LogP contribution in [-0.4, -0.2) is 6.04 Å². The van der Waals surface area contributed by atoms with E-state index in [4.69, 9.17) is 0 Å². The second kappa shape index (κ2) is 5.93. The third-order valence-electron chi connectivity index (χ3n) is 2.91. The summed E-state index contributed by atoms with van der Waals surface area (Å²) in [5.74, 6) is -0.803. The number of benzene rings is 2. The van der Waals surface area contributed by atoms with Crippen LogP contribution < -0.4 is 5.32 Å². The Hall–Kier alpha value is -1.74. The SMILES string of the molecule is CC(C)NCc1ccc(-c2ccccc2F)c(F)c1. The number of rotatable bonds is 4. The second-order valence-electron chi connectivity index (χ2n) is 4.83. The van der Waals surface area contributed by atoms with Gasteiger partial charge in [-0.2, -0.15) is 0 Å². The summed E-state index contributed by atoms with van der Waals surface area (Å²) in [6, 6.07) is 11.5. The molecule has 0 aliphatic rings. The maximum absolute atomic E-state index is 14.0. The summed E-state index contributed by atoms with van der Waals surface area (Å²) < 4.78 is 27.7. The third-order valence-corrected chi connectivity index (χ3v) is 2.91. The predicted octanol–water partition coefficient (Wildman–Crippen LogP) is 4.13. The molecule has 0 saturated heterocycles. The van der Waals surface area contributed by atoms with E-state index in [9.17, 15) is 8.78 Å². The van der Waals surface area contributed by atoms with Gasteiger partial charge in [0.25, 0.3) is 0 Å². The molecular formula is C16H17F2N. The predicted molar refractivity (Wildman–Crippen MR) is 73.8 cm³/mol. The van der Waals surface area contributed by atoms with Gasteiger partial charge in [0.05, 0.1) is 0 Å². The maximum Gasteiger partial charge on any atom is 0.131 e. The lowest BCUT2D eigenvalue weighted by atomic mass is 10.0. The van der Waals surface area contributed by atoms with Crippen molar-refractivity contribution in [1.29, 1.82) is 0 Å². The summed E-state index contributed by atoms with van der Waals surface area (Å²) in [4.78, 5) is 0. The van der Waals surface area contributed by atoms with E-state index >= 15 is 0 Å². The van der Waals surface area contributed by atoms with Crippen molar-refractivity contribution < 1.29 is 8.78 Å². The standard InChI is InChI=1S/C16H17F2N/c1-11(2)19-10-12-7-8-14(16(18)9-12)13-5-3-4-6-15(13)17/h3-9,11,19H,10H2,1-2H3. The molecule has 0 amide bonds. The van der Waals surface area contributed by atoms with Gasteiger partial charge in [-0.3, -0.25) is 0 Å². The molecule has 0 bridgehead atoms. The lowest BCUT2D eigenvalue weighted by Crippen LogP contribution is -2.21. The van der Waals surface area contributed by atoms with Crippen LogP contribution in [0.1, 0.15) is 19.4 Å². The smallest absolute Gasteiger partial charge is 0.131 e. The molecule has 3 heteroatoms. The molecule has 0 unspecified atom stereocenters. The minimum atomic E-state index is -0.408. The van der Waals surface area contributed by atoms with E-state index in [1.807, 2.05) is 19.9 Å². The van der Waals surface area contributed by atoms with Crippen LogP contribution in [0.5, 0.6) is 0 Å². The van der Waals surface area contributed by atoms with Crippen LogP contribution >= 0.6 is 0 Å². The van der Waals surface area contributed by atoms with Gasteiger partial charge in [0.2, 0.25) is 0 Å². The zero-order valence-corrected chi connectivity index (χ0v) is 11.1. The normalized spacial score (nSPS) is 11.0. The fourth-order valence-corrected chi connectivity index (χ4v) is 1.89. The van der Waals surface area contributed by atoms with Crippen molar-refractivity contribution in [1.82, 2.24) is 5.32 Å². The Morgan fingerprint density at radius 2 is 1.63 bits per heavy atom. The van der Waals surface area contributed by atoms with Gasteiger partial charge < -0.3 is 5.32 Å². The van der Waals surface area contributed by atoms with Crippen molar-refractivity contribution in [2.45, 2.75) is 26.4 Å². The molecule has 0 saturated carbocycles. The molecule has 2 aromatic carbocycles. The van der Waals surface area contributed by atoms with Gasteiger partial charge >= 0.3 is 0 Å². The van der Waals surface area contributed by atoms with E-state index in [0.29, 0.717) is 23.7 Å². The zero-order valence-electron chi connectivity index (χ0n) is 11.1.